The number of nitrogens with two attached hydrogens (primary N) is 1. The molecule has 1 unspecified atom stereocenters. The molecule has 0 aromatic heterocycles. The van der Waals surface area contributed by atoms with Gasteiger partial charge in [0.2, 0.25) is 0 Å². The minimum absolute atomic E-state index is 0.134. The van der Waals surface area contributed by atoms with Crippen LogP contribution in [0.4, 0.5) is 8.78 Å². The smallest absolute Gasteiger partial charge is 0.126 e. The van der Waals surface area contributed by atoms with E-state index in [1.165, 1.54) is 24.5 Å². The highest BCUT2D eigenvalue weighted by Gasteiger charge is 2.12. The summed E-state index contributed by atoms with van der Waals surface area (Å²) in [6, 6.07) is 3.40. The molecule has 1 nitrogen and oxygen atoms in total. The van der Waals surface area contributed by atoms with Gasteiger partial charge in [0.1, 0.15) is 11.6 Å². The van der Waals surface area contributed by atoms with Gasteiger partial charge in [0.15, 0.2) is 0 Å². The standard InChI is InChI=1S/C15H19F2N/c16-13-6-7-15(17)12(9-13)10-14(18)8-11-4-2-1-3-5-11/h4,6-7,9,14H,1-3,5,8,10,18H2. The summed E-state index contributed by atoms with van der Waals surface area (Å²) in [7, 11) is 0. The molecule has 3 heteroatoms. The normalized spacial score (nSPS) is 17.4. The van der Waals surface area contributed by atoms with E-state index in [0.717, 1.165) is 31.4 Å². The summed E-state index contributed by atoms with van der Waals surface area (Å²) in [4.78, 5) is 0. The summed E-state index contributed by atoms with van der Waals surface area (Å²) in [5.41, 5.74) is 7.77. The van der Waals surface area contributed by atoms with Crippen LogP contribution in [0.15, 0.2) is 29.8 Å². The Labute approximate surface area is 107 Å². The molecule has 18 heavy (non-hydrogen) atoms. The fraction of sp³-hybridized carbons (Fsp3) is 0.467. The van der Waals surface area contributed by atoms with E-state index in [1.807, 2.05) is 0 Å². The number of rotatable bonds is 4. The molecule has 0 heterocycles. The van der Waals surface area contributed by atoms with E-state index in [-0.39, 0.29) is 11.9 Å². The highest BCUT2D eigenvalue weighted by atomic mass is 19.1. The van der Waals surface area contributed by atoms with Crippen molar-refractivity contribution in [2.45, 2.75) is 44.6 Å². The highest BCUT2D eigenvalue weighted by Crippen LogP contribution is 2.22. The van der Waals surface area contributed by atoms with Crippen molar-refractivity contribution in [3.8, 4) is 0 Å². The average molecular weight is 251 g/mol. The molecule has 0 bridgehead atoms. The summed E-state index contributed by atoms with van der Waals surface area (Å²) in [5.74, 6) is -0.778. The molecule has 1 aromatic carbocycles. The van der Waals surface area contributed by atoms with Crippen LogP contribution in [0.2, 0.25) is 0 Å². The maximum atomic E-state index is 13.5. The minimum atomic E-state index is -0.407. The van der Waals surface area contributed by atoms with Gasteiger partial charge in [-0.2, -0.15) is 0 Å². The van der Waals surface area contributed by atoms with Gasteiger partial charge in [-0.15, -0.1) is 0 Å². The number of hydrogen-bond donors (Lipinski definition) is 1. The summed E-state index contributed by atoms with van der Waals surface area (Å²) in [6.45, 7) is 0. The van der Waals surface area contributed by atoms with E-state index in [4.69, 9.17) is 5.73 Å². The van der Waals surface area contributed by atoms with Crippen molar-refractivity contribution in [2.24, 2.45) is 5.73 Å². The summed E-state index contributed by atoms with van der Waals surface area (Å²) in [6.07, 6.45) is 8.10. The van der Waals surface area contributed by atoms with Crippen LogP contribution in [-0.2, 0) is 6.42 Å². The first-order valence-corrected chi connectivity index (χ1v) is 6.52. The Kier molecular flexibility index (Phi) is 4.48. The molecular weight excluding hydrogens is 232 g/mol. The molecule has 1 aliphatic carbocycles. The topological polar surface area (TPSA) is 26.0 Å². The zero-order valence-electron chi connectivity index (χ0n) is 10.5. The summed E-state index contributed by atoms with van der Waals surface area (Å²) < 4.78 is 26.5. The monoisotopic (exact) mass is 251 g/mol. The van der Waals surface area contributed by atoms with Gasteiger partial charge in [-0.25, -0.2) is 8.78 Å². The van der Waals surface area contributed by atoms with E-state index in [9.17, 15) is 8.78 Å². The number of allylic oxidation sites excluding steroid dienone is 1. The van der Waals surface area contributed by atoms with Crippen LogP contribution >= 0.6 is 0 Å². The van der Waals surface area contributed by atoms with Crippen molar-refractivity contribution < 1.29 is 8.78 Å². The predicted octanol–water partition coefficient (Wildman–Crippen LogP) is 3.73. The average Bonchev–Trinajstić information content (AvgIpc) is 2.35. The lowest BCUT2D eigenvalue weighted by Gasteiger charge is -2.17. The van der Waals surface area contributed by atoms with Crippen molar-refractivity contribution in [2.75, 3.05) is 0 Å². The molecule has 2 rings (SSSR count). The van der Waals surface area contributed by atoms with Crippen LogP contribution in [0, 0.1) is 11.6 Å². The Balaban J connectivity index is 1.96. The first-order chi connectivity index (χ1) is 8.65. The number of halogens is 2. The Bertz CT molecular complexity index is 440. The zero-order valence-corrected chi connectivity index (χ0v) is 10.5. The second-order valence-corrected chi connectivity index (χ2v) is 5.01. The van der Waals surface area contributed by atoms with E-state index >= 15 is 0 Å². The van der Waals surface area contributed by atoms with Crippen LogP contribution in [-0.4, -0.2) is 6.04 Å². The number of benzene rings is 1. The molecular formula is C15H19F2N. The van der Waals surface area contributed by atoms with Gasteiger partial charge in [-0.05, 0) is 62.3 Å². The van der Waals surface area contributed by atoms with Gasteiger partial charge in [-0.3, -0.25) is 0 Å². The van der Waals surface area contributed by atoms with Gasteiger partial charge in [-0.1, -0.05) is 11.6 Å². The van der Waals surface area contributed by atoms with Crippen molar-refractivity contribution in [3.05, 3.63) is 47.0 Å². The molecule has 0 saturated carbocycles. The van der Waals surface area contributed by atoms with Crippen molar-refractivity contribution in [1.82, 2.24) is 0 Å². The van der Waals surface area contributed by atoms with Gasteiger partial charge in [0, 0.05) is 6.04 Å². The number of hydrogen-bond acceptors (Lipinski definition) is 1. The first kappa shape index (κ1) is 13.2. The fourth-order valence-electron chi connectivity index (χ4n) is 2.48. The van der Waals surface area contributed by atoms with Crippen LogP contribution in [0.5, 0.6) is 0 Å². The maximum absolute atomic E-state index is 13.5. The fourth-order valence-corrected chi connectivity index (χ4v) is 2.48. The molecule has 0 amide bonds. The van der Waals surface area contributed by atoms with Crippen LogP contribution < -0.4 is 5.73 Å². The first-order valence-electron chi connectivity index (χ1n) is 6.52. The van der Waals surface area contributed by atoms with Gasteiger partial charge in [0.05, 0.1) is 0 Å². The van der Waals surface area contributed by atoms with Crippen molar-refractivity contribution >= 4 is 0 Å². The molecule has 98 valence electrons. The molecule has 1 aliphatic rings. The Morgan fingerprint density at radius 1 is 1.17 bits per heavy atom. The van der Waals surface area contributed by atoms with E-state index in [2.05, 4.69) is 6.08 Å². The Morgan fingerprint density at radius 2 is 2.00 bits per heavy atom. The second kappa shape index (κ2) is 6.10. The van der Waals surface area contributed by atoms with Crippen molar-refractivity contribution in [3.63, 3.8) is 0 Å². The van der Waals surface area contributed by atoms with Crippen LogP contribution in [0.25, 0.3) is 0 Å². The summed E-state index contributed by atoms with van der Waals surface area (Å²) in [5, 5.41) is 0. The molecule has 0 radical (unpaired) electrons. The van der Waals surface area contributed by atoms with Gasteiger partial charge < -0.3 is 5.73 Å². The Hall–Kier alpha value is -1.22. The predicted molar refractivity (Wildman–Crippen MR) is 69.2 cm³/mol. The van der Waals surface area contributed by atoms with E-state index < -0.39 is 5.82 Å². The van der Waals surface area contributed by atoms with Crippen molar-refractivity contribution in [1.29, 1.82) is 0 Å². The molecule has 0 spiro atoms. The third-order valence-electron chi connectivity index (χ3n) is 3.40. The van der Waals surface area contributed by atoms with E-state index in [1.54, 1.807) is 0 Å². The quantitative estimate of drug-likeness (QED) is 0.811. The lowest BCUT2D eigenvalue weighted by molar-refractivity contribution is 0.557. The SMILES string of the molecule is NC(CC1=CCCCC1)Cc1cc(F)ccc1F. The third-order valence-corrected chi connectivity index (χ3v) is 3.40. The lowest BCUT2D eigenvalue weighted by Crippen LogP contribution is -2.24. The minimum Gasteiger partial charge on any atom is -0.327 e. The third kappa shape index (κ3) is 3.64. The Morgan fingerprint density at radius 3 is 2.72 bits per heavy atom. The molecule has 1 aromatic rings. The zero-order chi connectivity index (χ0) is 13.0. The highest BCUT2D eigenvalue weighted by molar-refractivity contribution is 5.20. The molecule has 0 saturated heterocycles. The second-order valence-electron chi connectivity index (χ2n) is 5.01. The molecule has 2 N–H and O–H groups in total. The maximum Gasteiger partial charge on any atom is 0.126 e. The summed E-state index contributed by atoms with van der Waals surface area (Å²) >= 11 is 0. The largest absolute Gasteiger partial charge is 0.327 e. The molecule has 0 fully saturated rings. The van der Waals surface area contributed by atoms with Crippen LogP contribution in [0.3, 0.4) is 0 Å². The lowest BCUT2D eigenvalue weighted by atomic mass is 9.92. The molecule has 1 atom stereocenters. The van der Waals surface area contributed by atoms with Crippen LogP contribution in [0.1, 0.15) is 37.7 Å². The van der Waals surface area contributed by atoms with Gasteiger partial charge in [0.25, 0.3) is 0 Å². The van der Waals surface area contributed by atoms with E-state index in [0.29, 0.717) is 12.0 Å². The van der Waals surface area contributed by atoms with Gasteiger partial charge >= 0.3 is 0 Å². The molecule has 0 aliphatic heterocycles.